The van der Waals surface area contributed by atoms with Crippen LogP contribution in [0.3, 0.4) is 0 Å². The number of carbonyl (C=O) groups excluding carboxylic acids is 2. The molecule has 0 radical (unpaired) electrons. The summed E-state index contributed by atoms with van der Waals surface area (Å²) in [5.41, 5.74) is 4.87. The molecule has 1 aromatic heterocycles. The minimum absolute atomic E-state index is 0.0487. The molecular weight excluding hydrogens is 560 g/mol. The molecule has 216 valence electrons. The highest BCUT2D eigenvalue weighted by Gasteiger charge is 2.50. The average molecular weight is 595 g/mol. The summed E-state index contributed by atoms with van der Waals surface area (Å²) in [6, 6.07) is 20.3. The van der Waals surface area contributed by atoms with Crippen molar-refractivity contribution in [2.24, 2.45) is 0 Å². The fourth-order valence-corrected chi connectivity index (χ4v) is 8.90. The molecule has 0 aliphatic carbocycles. The van der Waals surface area contributed by atoms with Crippen LogP contribution in [0.2, 0.25) is 0 Å². The number of carbonyl (C=O) groups is 2. The zero-order valence-corrected chi connectivity index (χ0v) is 24.4. The number of hydroxylamine groups is 1. The number of rotatable bonds is 8. The summed E-state index contributed by atoms with van der Waals surface area (Å²) in [6.45, 7) is 4.58. The van der Waals surface area contributed by atoms with Crippen LogP contribution < -0.4 is 5.48 Å². The molecular formula is C31H34N2O6S2. The first-order valence-corrected chi connectivity index (χ1v) is 16.2. The van der Waals surface area contributed by atoms with Gasteiger partial charge in [-0.15, -0.1) is 11.3 Å². The Hall–Kier alpha value is -3.31. The molecule has 0 spiro atoms. The maximum Gasteiger partial charge on any atom is 0.253 e. The van der Waals surface area contributed by atoms with E-state index in [-0.39, 0.29) is 37.6 Å². The second kappa shape index (κ2) is 12.7. The maximum absolute atomic E-state index is 14.1. The number of sulfone groups is 1. The maximum atomic E-state index is 14.1. The fraction of sp³-hybridized carbons (Fsp3) is 0.355. The summed E-state index contributed by atoms with van der Waals surface area (Å²) in [5, 5.41) is 0. The molecule has 10 heteroatoms. The molecule has 0 bridgehead atoms. The van der Waals surface area contributed by atoms with Crippen LogP contribution in [0.5, 0.6) is 0 Å². The standard InChI is InChI=1S/C31H34N2O6S2/c1-2-23-11-13-24(14-12-23)26-15-16-27(40-26)31(22-28(34)32-39-29-10-6-7-20-38-29)17-18-33(19-21-41(31,36)37)30(35)25-8-4-3-5-9-25/h2-5,8-9,11-16,29H,1,6-7,10,17-22H2,(H,32,34). The first-order chi connectivity index (χ1) is 19.8. The van der Waals surface area contributed by atoms with Crippen LogP contribution >= 0.6 is 11.3 Å². The first-order valence-electron chi connectivity index (χ1n) is 13.8. The van der Waals surface area contributed by atoms with Crippen LogP contribution in [0.1, 0.15) is 52.9 Å². The van der Waals surface area contributed by atoms with Gasteiger partial charge in [0.15, 0.2) is 16.1 Å². The van der Waals surface area contributed by atoms with Crippen LogP contribution in [0.4, 0.5) is 0 Å². The summed E-state index contributed by atoms with van der Waals surface area (Å²) in [7, 11) is -3.89. The van der Waals surface area contributed by atoms with Crippen molar-refractivity contribution in [3.63, 3.8) is 0 Å². The van der Waals surface area contributed by atoms with E-state index in [1.165, 1.54) is 11.3 Å². The first kappa shape index (κ1) is 29.2. The third-order valence-electron chi connectivity index (χ3n) is 7.69. The van der Waals surface area contributed by atoms with E-state index in [1.807, 2.05) is 36.4 Å². The predicted molar refractivity (Wildman–Crippen MR) is 160 cm³/mol. The van der Waals surface area contributed by atoms with Crippen molar-refractivity contribution in [1.82, 2.24) is 10.4 Å². The molecule has 2 aromatic carbocycles. The van der Waals surface area contributed by atoms with Gasteiger partial charge in [-0.3, -0.25) is 9.59 Å². The molecule has 1 N–H and O–H groups in total. The third-order valence-corrected chi connectivity index (χ3v) is 11.6. The van der Waals surface area contributed by atoms with Gasteiger partial charge in [0.2, 0.25) is 5.91 Å². The van der Waals surface area contributed by atoms with Crippen molar-refractivity contribution in [3.05, 3.63) is 89.3 Å². The van der Waals surface area contributed by atoms with Crippen molar-refractivity contribution in [1.29, 1.82) is 0 Å². The second-order valence-electron chi connectivity index (χ2n) is 10.3. The van der Waals surface area contributed by atoms with Crippen LogP contribution in [0, 0.1) is 0 Å². The lowest BCUT2D eigenvalue weighted by Crippen LogP contribution is -2.43. The summed E-state index contributed by atoms with van der Waals surface area (Å²) >= 11 is 1.36. The second-order valence-corrected chi connectivity index (χ2v) is 13.8. The van der Waals surface area contributed by atoms with Gasteiger partial charge in [-0.1, -0.05) is 55.1 Å². The lowest BCUT2D eigenvalue weighted by molar-refractivity contribution is -0.200. The average Bonchev–Trinajstić information content (AvgIpc) is 3.46. The van der Waals surface area contributed by atoms with Gasteiger partial charge in [0.1, 0.15) is 4.75 Å². The Morgan fingerprint density at radius 3 is 2.56 bits per heavy atom. The zero-order chi connectivity index (χ0) is 28.9. The van der Waals surface area contributed by atoms with E-state index in [9.17, 15) is 18.0 Å². The zero-order valence-electron chi connectivity index (χ0n) is 22.8. The number of amides is 2. The monoisotopic (exact) mass is 594 g/mol. The van der Waals surface area contributed by atoms with Gasteiger partial charge in [-0.2, -0.15) is 0 Å². The Labute approximate surface area is 244 Å². The van der Waals surface area contributed by atoms with Crippen LogP contribution in [-0.2, 0) is 29.0 Å². The van der Waals surface area contributed by atoms with E-state index in [0.717, 1.165) is 28.8 Å². The Bertz CT molecular complexity index is 1480. The smallest absolute Gasteiger partial charge is 0.253 e. The number of ether oxygens (including phenoxy) is 1. The number of benzene rings is 2. The lowest BCUT2D eigenvalue weighted by Gasteiger charge is -2.31. The Morgan fingerprint density at radius 2 is 1.85 bits per heavy atom. The Kier molecular flexibility index (Phi) is 9.03. The highest BCUT2D eigenvalue weighted by Crippen LogP contribution is 2.45. The molecule has 5 rings (SSSR count). The summed E-state index contributed by atoms with van der Waals surface area (Å²) in [4.78, 5) is 35.1. The quantitative estimate of drug-likeness (QED) is 0.361. The summed E-state index contributed by atoms with van der Waals surface area (Å²) < 4.78 is 32.2. The van der Waals surface area contributed by atoms with Gasteiger partial charge in [0, 0.05) is 41.4 Å². The SMILES string of the molecule is C=Cc1ccc(-c2ccc(C3(CC(=O)NOC4CCCCO4)CCN(C(=O)c4ccccc4)CCS3(=O)=O)s2)cc1. The summed E-state index contributed by atoms with van der Waals surface area (Å²) in [5.74, 6) is -1.03. The van der Waals surface area contributed by atoms with Crippen molar-refractivity contribution in [3.8, 4) is 10.4 Å². The molecule has 2 saturated heterocycles. The van der Waals surface area contributed by atoms with E-state index in [4.69, 9.17) is 9.57 Å². The van der Waals surface area contributed by atoms with E-state index in [2.05, 4.69) is 12.1 Å². The van der Waals surface area contributed by atoms with Gasteiger partial charge in [-0.05, 0) is 54.7 Å². The highest BCUT2D eigenvalue weighted by molar-refractivity contribution is 7.92. The van der Waals surface area contributed by atoms with Crippen molar-refractivity contribution >= 4 is 39.1 Å². The fourth-order valence-electron chi connectivity index (χ4n) is 5.29. The number of nitrogens with zero attached hydrogens (tertiary/aromatic N) is 1. The van der Waals surface area contributed by atoms with Crippen LogP contribution in [0.25, 0.3) is 16.5 Å². The predicted octanol–water partition coefficient (Wildman–Crippen LogP) is 5.18. The normalized spacial score (nSPS) is 22.4. The molecule has 41 heavy (non-hydrogen) atoms. The minimum Gasteiger partial charge on any atom is -0.350 e. The summed E-state index contributed by atoms with van der Waals surface area (Å²) in [6.07, 6.45) is 3.47. The highest BCUT2D eigenvalue weighted by atomic mass is 32.2. The van der Waals surface area contributed by atoms with Gasteiger partial charge >= 0.3 is 0 Å². The van der Waals surface area contributed by atoms with Gasteiger partial charge in [0.25, 0.3) is 5.91 Å². The molecule has 2 aliphatic rings. The number of hydrogen-bond donors (Lipinski definition) is 1. The number of nitrogens with one attached hydrogen (secondary N) is 1. The Morgan fingerprint density at radius 1 is 1.07 bits per heavy atom. The number of hydrogen-bond acceptors (Lipinski definition) is 7. The molecule has 2 unspecified atom stereocenters. The van der Waals surface area contributed by atoms with Crippen molar-refractivity contribution in [2.45, 2.75) is 43.1 Å². The van der Waals surface area contributed by atoms with Crippen LogP contribution in [-0.4, -0.2) is 56.9 Å². The van der Waals surface area contributed by atoms with Gasteiger partial charge in [0.05, 0.1) is 12.2 Å². The van der Waals surface area contributed by atoms with Gasteiger partial charge in [-0.25, -0.2) is 18.7 Å². The largest absolute Gasteiger partial charge is 0.350 e. The third kappa shape index (κ3) is 6.46. The van der Waals surface area contributed by atoms with E-state index < -0.39 is 26.8 Å². The number of thiophene rings is 1. The molecule has 8 nitrogen and oxygen atoms in total. The molecule has 2 atom stereocenters. The molecule has 2 aliphatic heterocycles. The van der Waals surface area contributed by atoms with E-state index in [1.54, 1.807) is 41.3 Å². The van der Waals surface area contributed by atoms with Crippen LogP contribution in [0.15, 0.2) is 73.3 Å². The molecule has 2 amide bonds. The van der Waals surface area contributed by atoms with E-state index >= 15 is 0 Å². The molecule has 0 saturated carbocycles. The van der Waals surface area contributed by atoms with Crippen molar-refractivity contribution < 1.29 is 27.6 Å². The molecule has 3 heterocycles. The molecule has 2 fully saturated rings. The van der Waals surface area contributed by atoms with Crippen molar-refractivity contribution in [2.75, 3.05) is 25.4 Å². The lowest BCUT2D eigenvalue weighted by atomic mass is 9.97. The Balaban J connectivity index is 1.45. The molecule has 3 aromatic rings. The van der Waals surface area contributed by atoms with E-state index in [0.29, 0.717) is 23.5 Å². The topological polar surface area (TPSA) is 102 Å². The van der Waals surface area contributed by atoms with Gasteiger partial charge < -0.3 is 9.64 Å². The minimum atomic E-state index is -3.89.